The standard InChI is InChI=1S/C24H16F10N4O3/c25-19-10(1-3-14(23(29,30)31)18(19)20-37-15(24(32,33)34)7-16(39)38-20)8-36-21(40)11-5-13(6-11)41-17-4-2-12(9-35-17)22(26,27)28/h1-4,7,9,11,13H,5-6,8H2,(H,36,40)(H,37,38,39). The van der Waals surface area contributed by atoms with Gasteiger partial charge in [0.2, 0.25) is 11.8 Å². The summed E-state index contributed by atoms with van der Waals surface area (Å²) in [6.45, 7) is -0.665. The fraction of sp³-hybridized carbons (Fsp3) is 0.333. The van der Waals surface area contributed by atoms with Crippen molar-refractivity contribution in [1.82, 2.24) is 20.3 Å². The van der Waals surface area contributed by atoms with Crippen LogP contribution in [0.25, 0.3) is 11.4 Å². The smallest absolute Gasteiger partial charge is 0.433 e. The first-order valence-electron chi connectivity index (χ1n) is 11.5. The lowest BCUT2D eigenvalue weighted by Crippen LogP contribution is -2.43. The second kappa shape index (κ2) is 10.7. The molecule has 17 heteroatoms. The van der Waals surface area contributed by atoms with Crippen molar-refractivity contribution in [1.29, 1.82) is 0 Å². The molecule has 7 nitrogen and oxygen atoms in total. The van der Waals surface area contributed by atoms with Gasteiger partial charge in [-0.15, -0.1) is 0 Å². The number of carbonyl (C=O) groups is 1. The first-order valence-corrected chi connectivity index (χ1v) is 11.5. The van der Waals surface area contributed by atoms with E-state index in [9.17, 15) is 49.1 Å². The van der Waals surface area contributed by atoms with Gasteiger partial charge < -0.3 is 15.0 Å². The molecular formula is C24H16F10N4O3. The number of pyridine rings is 1. The maximum absolute atomic E-state index is 15.3. The Kier molecular flexibility index (Phi) is 7.75. The third-order valence-corrected chi connectivity index (χ3v) is 6.07. The van der Waals surface area contributed by atoms with Crippen molar-refractivity contribution in [3.8, 4) is 17.3 Å². The summed E-state index contributed by atoms with van der Waals surface area (Å²) in [4.78, 5) is 32.4. The molecule has 0 aliphatic heterocycles. The molecule has 1 saturated carbocycles. The number of ether oxygens (including phenoxy) is 1. The van der Waals surface area contributed by atoms with E-state index in [1.54, 1.807) is 4.98 Å². The van der Waals surface area contributed by atoms with Gasteiger partial charge in [0.15, 0.2) is 5.69 Å². The fourth-order valence-corrected chi connectivity index (χ4v) is 3.94. The summed E-state index contributed by atoms with van der Waals surface area (Å²) in [5.41, 5.74) is -7.97. The molecule has 0 bridgehead atoms. The van der Waals surface area contributed by atoms with Crippen molar-refractivity contribution < 1.29 is 53.4 Å². The van der Waals surface area contributed by atoms with Gasteiger partial charge in [0, 0.05) is 36.4 Å². The average Bonchev–Trinajstić information content (AvgIpc) is 2.83. The number of carbonyl (C=O) groups excluding carboxylic acids is 1. The first-order chi connectivity index (χ1) is 18.9. The Morgan fingerprint density at radius 1 is 0.976 bits per heavy atom. The van der Waals surface area contributed by atoms with Crippen LogP contribution in [-0.4, -0.2) is 27.0 Å². The molecule has 3 aromatic rings. The van der Waals surface area contributed by atoms with Crippen LogP contribution in [0, 0.1) is 11.7 Å². The topological polar surface area (TPSA) is 97.0 Å². The molecule has 0 radical (unpaired) electrons. The van der Waals surface area contributed by atoms with Crippen molar-refractivity contribution in [2.24, 2.45) is 5.92 Å². The van der Waals surface area contributed by atoms with Gasteiger partial charge in [0.1, 0.15) is 17.7 Å². The van der Waals surface area contributed by atoms with Crippen LogP contribution in [0.5, 0.6) is 5.88 Å². The lowest BCUT2D eigenvalue weighted by atomic mass is 9.81. The highest BCUT2D eigenvalue weighted by Crippen LogP contribution is 2.39. The zero-order chi connectivity index (χ0) is 30.3. The maximum Gasteiger partial charge on any atom is 0.433 e. The molecule has 0 saturated heterocycles. The number of nitrogens with zero attached hydrogens (tertiary/aromatic N) is 2. The average molecular weight is 598 g/mol. The van der Waals surface area contributed by atoms with Crippen molar-refractivity contribution in [2.75, 3.05) is 0 Å². The van der Waals surface area contributed by atoms with Gasteiger partial charge >= 0.3 is 18.5 Å². The van der Waals surface area contributed by atoms with Crippen LogP contribution >= 0.6 is 0 Å². The number of nitrogens with one attached hydrogen (secondary N) is 2. The number of alkyl halides is 9. The molecular weight excluding hydrogens is 582 g/mol. The van der Waals surface area contributed by atoms with E-state index < -0.39 is 88.2 Å². The Morgan fingerprint density at radius 2 is 1.66 bits per heavy atom. The highest BCUT2D eigenvalue weighted by molar-refractivity contribution is 5.79. The van der Waals surface area contributed by atoms with Crippen molar-refractivity contribution in [2.45, 2.75) is 44.0 Å². The third-order valence-electron chi connectivity index (χ3n) is 6.07. The minimum atomic E-state index is -5.24. The third kappa shape index (κ3) is 6.77. The van der Waals surface area contributed by atoms with E-state index in [1.807, 2.05) is 0 Å². The predicted octanol–water partition coefficient (Wildman–Crippen LogP) is 5.50. The number of hydrogen-bond acceptors (Lipinski definition) is 5. The SMILES string of the molecule is O=C(NCc1ccc(C(F)(F)F)c(-c2nc(C(F)(F)F)cc(=O)[nH]2)c1F)C1CC(Oc2ccc(C(F)(F)F)cn2)C1. The molecule has 2 N–H and O–H groups in total. The van der Waals surface area contributed by atoms with Gasteiger partial charge in [-0.1, -0.05) is 6.07 Å². The molecule has 1 aromatic carbocycles. The molecule has 220 valence electrons. The zero-order valence-electron chi connectivity index (χ0n) is 20.1. The van der Waals surface area contributed by atoms with Crippen LogP contribution in [0.4, 0.5) is 43.9 Å². The largest absolute Gasteiger partial charge is 0.474 e. The van der Waals surface area contributed by atoms with Gasteiger partial charge in [0.25, 0.3) is 5.56 Å². The quantitative estimate of drug-likeness (QED) is 0.366. The molecule has 0 spiro atoms. The number of aromatic nitrogens is 3. The van der Waals surface area contributed by atoms with Crippen LogP contribution in [-0.2, 0) is 29.9 Å². The highest BCUT2D eigenvalue weighted by atomic mass is 19.4. The van der Waals surface area contributed by atoms with Crippen molar-refractivity contribution in [3.05, 3.63) is 75.1 Å². The number of benzene rings is 1. The van der Waals surface area contributed by atoms with Crippen LogP contribution in [0.15, 0.2) is 41.3 Å². The summed E-state index contributed by atoms with van der Waals surface area (Å²) in [5.74, 6) is -4.42. The molecule has 1 fully saturated rings. The summed E-state index contributed by atoms with van der Waals surface area (Å²) < 4.78 is 138. The van der Waals surface area contributed by atoms with Crippen molar-refractivity contribution >= 4 is 5.91 Å². The number of amides is 1. The Hall–Kier alpha value is -4.18. The van der Waals surface area contributed by atoms with Gasteiger partial charge in [-0.3, -0.25) is 9.59 Å². The Bertz CT molecular complexity index is 1490. The van der Waals surface area contributed by atoms with E-state index in [1.165, 1.54) is 0 Å². The lowest BCUT2D eigenvalue weighted by molar-refractivity contribution is -0.141. The van der Waals surface area contributed by atoms with Crippen LogP contribution < -0.4 is 15.6 Å². The lowest BCUT2D eigenvalue weighted by Gasteiger charge is -2.34. The summed E-state index contributed by atoms with van der Waals surface area (Å²) in [5, 5.41) is 2.31. The van der Waals surface area contributed by atoms with Crippen molar-refractivity contribution in [3.63, 3.8) is 0 Å². The van der Waals surface area contributed by atoms with E-state index >= 15 is 4.39 Å². The second-order valence-corrected chi connectivity index (χ2v) is 8.94. The first kappa shape index (κ1) is 29.8. The maximum atomic E-state index is 15.3. The molecule has 2 heterocycles. The normalized spacial score (nSPS) is 17.6. The molecule has 1 aliphatic carbocycles. The summed E-state index contributed by atoms with van der Waals surface area (Å²) in [6.07, 6.45) is -14.8. The highest BCUT2D eigenvalue weighted by Gasteiger charge is 2.40. The summed E-state index contributed by atoms with van der Waals surface area (Å²) >= 11 is 0. The van der Waals surface area contributed by atoms with Crippen LogP contribution in [0.1, 0.15) is 35.2 Å². The van der Waals surface area contributed by atoms with E-state index in [0.29, 0.717) is 18.3 Å². The number of halogens is 10. The molecule has 4 rings (SSSR count). The predicted molar refractivity (Wildman–Crippen MR) is 118 cm³/mol. The number of hydrogen-bond donors (Lipinski definition) is 2. The molecule has 0 atom stereocenters. The van der Waals surface area contributed by atoms with Crippen LogP contribution in [0.2, 0.25) is 0 Å². The minimum absolute atomic E-state index is 0.00195. The molecule has 1 aliphatic rings. The Labute approximate surface area is 222 Å². The summed E-state index contributed by atoms with van der Waals surface area (Å²) in [6, 6.07) is 2.83. The molecule has 41 heavy (non-hydrogen) atoms. The molecule has 1 amide bonds. The fourth-order valence-electron chi connectivity index (χ4n) is 3.94. The van der Waals surface area contributed by atoms with E-state index in [4.69, 9.17) is 4.74 Å². The van der Waals surface area contributed by atoms with Gasteiger partial charge in [0.05, 0.1) is 16.7 Å². The number of H-pyrrole nitrogens is 1. The monoisotopic (exact) mass is 598 g/mol. The minimum Gasteiger partial charge on any atom is -0.474 e. The van der Waals surface area contributed by atoms with Crippen LogP contribution in [0.3, 0.4) is 0 Å². The Morgan fingerprint density at radius 3 is 2.22 bits per heavy atom. The number of aromatic amines is 1. The molecule has 0 unspecified atom stereocenters. The Balaban J connectivity index is 1.46. The molecule has 2 aromatic heterocycles. The van der Waals surface area contributed by atoms with E-state index in [0.717, 1.165) is 12.1 Å². The van der Waals surface area contributed by atoms with E-state index in [-0.39, 0.29) is 24.8 Å². The summed E-state index contributed by atoms with van der Waals surface area (Å²) in [7, 11) is 0. The second-order valence-electron chi connectivity index (χ2n) is 8.94. The van der Waals surface area contributed by atoms with E-state index in [2.05, 4.69) is 15.3 Å². The van der Waals surface area contributed by atoms with Gasteiger partial charge in [-0.2, -0.15) is 39.5 Å². The number of rotatable bonds is 6. The van der Waals surface area contributed by atoms with Gasteiger partial charge in [-0.05, 0) is 25.0 Å². The van der Waals surface area contributed by atoms with Gasteiger partial charge in [-0.25, -0.2) is 14.4 Å². The zero-order valence-corrected chi connectivity index (χ0v) is 20.1.